The number of hydrogen-bond acceptors (Lipinski definition) is 7. The van der Waals surface area contributed by atoms with Crippen LogP contribution in [0.3, 0.4) is 0 Å². The molecular formula is C30H39N3O6. The van der Waals surface area contributed by atoms with E-state index < -0.39 is 0 Å². The van der Waals surface area contributed by atoms with E-state index >= 15 is 0 Å². The molecule has 1 aliphatic rings. The van der Waals surface area contributed by atoms with Crippen molar-refractivity contribution in [3.05, 3.63) is 62.4 Å². The third kappa shape index (κ3) is 7.16. The average molecular weight is 538 g/mol. The van der Waals surface area contributed by atoms with Crippen molar-refractivity contribution in [1.29, 1.82) is 0 Å². The minimum absolute atomic E-state index is 0.237. The number of nitrogens with one attached hydrogen (secondary N) is 2. The van der Waals surface area contributed by atoms with Gasteiger partial charge in [0.15, 0.2) is 0 Å². The molecule has 2 N–H and O–H groups in total. The van der Waals surface area contributed by atoms with Gasteiger partial charge in [0.1, 0.15) is 0 Å². The Labute approximate surface area is 229 Å². The first kappa shape index (κ1) is 29.7. The van der Waals surface area contributed by atoms with Crippen LogP contribution in [-0.2, 0) is 47.9 Å². The van der Waals surface area contributed by atoms with Crippen molar-refractivity contribution < 1.29 is 28.6 Å². The Morgan fingerprint density at radius 2 is 1.41 bits per heavy atom. The van der Waals surface area contributed by atoms with Gasteiger partial charge in [0, 0.05) is 49.0 Å². The van der Waals surface area contributed by atoms with Crippen molar-refractivity contribution >= 4 is 29.7 Å². The number of hydrogen-bond donors (Lipinski definition) is 2. The van der Waals surface area contributed by atoms with Crippen LogP contribution in [0, 0.1) is 20.8 Å². The number of methoxy groups -OCH3 is 3. The summed E-state index contributed by atoms with van der Waals surface area (Å²) >= 11 is 0. The summed E-state index contributed by atoms with van der Waals surface area (Å²) in [6.07, 6.45) is 7.07. The summed E-state index contributed by atoms with van der Waals surface area (Å²) in [7, 11) is 4.18. The average Bonchev–Trinajstić information content (AvgIpc) is 3.51. The second-order valence-electron chi connectivity index (χ2n) is 9.79. The molecule has 3 rings (SSSR count). The summed E-state index contributed by atoms with van der Waals surface area (Å²) in [5.41, 5.74) is 11.0. The Bertz CT molecular complexity index is 1340. The van der Waals surface area contributed by atoms with Crippen LogP contribution in [0.2, 0.25) is 0 Å². The van der Waals surface area contributed by atoms with Crippen molar-refractivity contribution in [1.82, 2.24) is 9.97 Å². The number of aryl methyl sites for hydroxylation is 2. The van der Waals surface area contributed by atoms with E-state index in [1.165, 1.54) is 21.3 Å². The highest BCUT2D eigenvalue weighted by Crippen LogP contribution is 2.33. The maximum Gasteiger partial charge on any atom is 0.305 e. The first-order chi connectivity index (χ1) is 18.6. The fourth-order valence-corrected chi connectivity index (χ4v) is 5.03. The third-order valence-electron chi connectivity index (χ3n) is 7.42. The summed E-state index contributed by atoms with van der Waals surface area (Å²) < 4.78 is 14.5. The number of esters is 3. The maximum absolute atomic E-state index is 12.0. The highest BCUT2D eigenvalue weighted by molar-refractivity contribution is 6.06. The van der Waals surface area contributed by atoms with Gasteiger partial charge in [-0.2, -0.15) is 0 Å². The number of aliphatic imine (C=N–C) groups is 1. The van der Waals surface area contributed by atoms with Gasteiger partial charge in [0.25, 0.3) is 0 Å². The molecule has 0 saturated heterocycles. The van der Waals surface area contributed by atoms with E-state index in [1.54, 1.807) is 0 Å². The number of aromatic amines is 2. The smallest absolute Gasteiger partial charge is 0.305 e. The van der Waals surface area contributed by atoms with Crippen molar-refractivity contribution in [2.45, 2.75) is 72.6 Å². The van der Waals surface area contributed by atoms with Crippen LogP contribution in [0.1, 0.15) is 71.9 Å². The molecule has 0 amide bonds. The lowest BCUT2D eigenvalue weighted by Gasteiger charge is -2.09. The van der Waals surface area contributed by atoms with E-state index in [0.717, 1.165) is 61.9 Å². The van der Waals surface area contributed by atoms with E-state index in [0.29, 0.717) is 38.5 Å². The molecule has 2 aromatic rings. The number of aromatic nitrogens is 2. The van der Waals surface area contributed by atoms with Crippen molar-refractivity contribution in [3.8, 4) is 0 Å². The number of nitrogens with zero attached hydrogens (tertiary/aromatic N) is 1. The number of carbonyl (C=O) groups is 3. The number of rotatable bonds is 12. The molecule has 1 aliphatic heterocycles. The maximum atomic E-state index is 12.0. The molecule has 0 fully saturated rings. The Kier molecular flexibility index (Phi) is 10.1. The van der Waals surface area contributed by atoms with Gasteiger partial charge >= 0.3 is 17.9 Å². The van der Waals surface area contributed by atoms with E-state index in [1.807, 2.05) is 40.0 Å². The minimum atomic E-state index is -0.271. The first-order valence-electron chi connectivity index (χ1n) is 13.1. The second-order valence-corrected chi connectivity index (χ2v) is 9.79. The summed E-state index contributed by atoms with van der Waals surface area (Å²) in [6.45, 7) is 8.08. The van der Waals surface area contributed by atoms with Crippen molar-refractivity contribution in [2.24, 2.45) is 4.99 Å². The predicted octanol–water partition coefficient (Wildman–Crippen LogP) is 4.79. The fourth-order valence-electron chi connectivity index (χ4n) is 5.03. The summed E-state index contributed by atoms with van der Waals surface area (Å²) in [6, 6.07) is 0. The van der Waals surface area contributed by atoms with Gasteiger partial charge in [-0.15, -0.1) is 0 Å². The fraction of sp³-hybridized carbons (Fsp3) is 0.467. The van der Waals surface area contributed by atoms with Crippen LogP contribution in [0.25, 0.3) is 6.08 Å². The number of H-pyrrole nitrogens is 2. The molecule has 0 atom stereocenters. The molecule has 0 radical (unpaired) electrons. The van der Waals surface area contributed by atoms with Gasteiger partial charge in [-0.3, -0.25) is 19.4 Å². The van der Waals surface area contributed by atoms with Gasteiger partial charge in [-0.05, 0) is 86.4 Å². The summed E-state index contributed by atoms with van der Waals surface area (Å²) in [5, 5.41) is 0. The van der Waals surface area contributed by atoms with Crippen LogP contribution < -0.4 is 0 Å². The Balaban J connectivity index is 1.95. The number of carbonyl (C=O) groups excluding carboxylic acids is 3. The Hall–Kier alpha value is -3.88. The normalized spacial score (nSPS) is 14.1. The van der Waals surface area contributed by atoms with Crippen LogP contribution in [0.5, 0.6) is 0 Å². The summed E-state index contributed by atoms with van der Waals surface area (Å²) in [5.74, 6) is -0.755. The van der Waals surface area contributed by atoms with Crippen LogP contribution in [0.15, 0.2) is 28.0 Å². The molecule has 0 bridgehead atoms. The van der Waals surface area contributed by atoms with E-state index in [9.17, 15) is 14.4 Å². The number of ether oxygens (including phenoxy) is 3. The Morgan fingerprint density at radius 3 is 2.00 bits per heavy atom. The molecule has 9 heteroatoms. The monoisotopic (exact) mass is 537 g/mol. The van der Waals surface area contributed by atoms with Crippen molar-refractivity contribution in [2.75, 3.05) is 21.3 Å². The van der Waals surface area contributed by atoms with E-state index in [2.05, 4.69) is 9.97 Å². The van der Waals surface area contributed by atoms with E-state index in [4.69, 9.17) is 19.2 Å². The quantitative estimate of drug-likeness (QED) is 0.297. The topological polar surface area (TPSA) is 123 Å². The zero-order valence-electron chi connectivity index (χ0n) is 24.0. The molecular weight excluding hydrogens is 498 g/mol. The van der Waals surface area contributed by atoms with Gasteiger partial charge in [-0.1, -0.05) is 0 Å². The van der Waals surface area contributed by atoms with Gasteiger partial charge in [-0.25, -0.2) is 0 Å². The third-order valence-corrected chi connectivity index (χ3v) is 7.42. The first-order valence-corrected chi connectivity index (χ1v) is 13.1. The molecule has 0 spiro atoms. The predicted molar refractivity (Wildman–Crippen MR) is 150 cm³/mol. The molecule has 0 saturated carbocycles. The lowest BCUT2D eigenvalue weighted by atomic mass is 9.95. The van der Waals surface area contributed by atoms with Gasteiger partial charge in [0.05, 0.1) is 32.7 Å². The van der Waals surface area contributed by atoms with Gasteiger partial charge < -0.3 is 24.2 Å². The molecule has 0 aromatic carbocycles. The van der Waals surface area contributed by atoms with Crippen LogP contribution in [0.4, 0.5) is 0 Å². The highest BCUT2D eigenvalue weighted by atomic mass is 16.5. The number of allylic oxidation sites excluding steroid dienone is 2. The molecule has 0 unspecified atom stereocenters. The van der Waals surface area contributed by atoms with Gasteiger partial charge in [0.2, 0.25) is 0 Å². The van der Waals surface area contributed by atoms with Crippen LogP contribution in [-0.4, -0.2) is 54.9 Å². The summed E-state index contributed by atoms with van der Waals surface area (Å²) in [4.78, 5) is 47.2. The van der Waals surface area contributed by atoms with Crippen molar-refractivity contribution in [3.63, 3.8) is 0 Å². The second kappa shape index (κ2) is 13.3. The van der Waals surface area contributed by atoms with Crippen LogP contribution >= 0.6 is 0 Å². The largest absolute Gasteiger partial charge is 0.469 e. The molecule has 0 aliphatic carbocycles. The zero-order chi connectivity index (χ0) is 28.7. The lowest BCUT2D eigenvalue weighted by Crippen LogP contribution is -2.10. The Morgan fingerprint density at radius 1 is 0.846 bits per heavy atom. The lowest BCUT2D eigenvalue weighted by molar-refractivity contribution is -0.141. The SMILES string of the molecule is COC(=O)CCC1=C(C)/C(=C\c2[nH]c(C)c(CCC(=O)OC)c2C)N=C1Cc1[nH]cc(C)c1CCC(=O)OC. The van der Waals surface area contributed by atoms with E-state index in [-0.39, 0.29) is 24.3 Å². The molecule has 9 nitrogen and oxygen atoms in total. The molecule has 3 heterocycles. The minimum Gasteiger partial charge on any atom is -0.469 e. The molecule has 210 valence electrons. The highest BCUT2D eigenvalue weighted by Gasteiger charge is 2.24. The zero-order valence-corrected chi connectivity index (χ0v) is 24.0. The standard InChI is InChI=1S/C30H39N3O6/c1-17-16-31-26(21(17)8-11-28(34)37-5)15-27-23(10-13-30(36)39-7)19(3)25(33-27)14-24-18(2)22(20(4)32-24)9-12-29(35)38-6/h14,16,31-32H,8-13,15H2,1-7H3/b25-14+. The molecule has 39 heavy (non-hydrogen) atoms. The molecule has 2 aromatic heterocycles.